The van der Waals surface area contributed by atoms with Gasteiger partial charge in [-0.25, -0.2) is 4.79 Å². The lowest BCUT2D eigenvalue weighted by molar-refractivity contribution is -0.151. The molecule has 4 nitrogen and oxygen atoms in total. The topological polar surface area (TPSA) is 61.5 Å². The number of nitrogens with two attached hydrogens (primary N) is 1. The van der Waals surface area contributed by atoms with Crippen LogP contribution in [0.25, 0.3) is 0 Å². The van der Waals surface area contributed by atoms with Crippen LogP contribution in [-0.2, 0) is 15.1 Å². The number of hydrogen-bond acceptors (Lipinski definition) is 4. The van der Waals surface area contributed by atoms with Crippen molar-refractivity contribution in [2.75, 3.05) is 13.7 Å². The van der Waals surface area contributed by atoms with Crippen molar-refractivity contribution in [1.82, 2.24) is 0 Å². The molecule has 104 valence electrons. The quantitative estimate of drug-likeness (QED) is 0.844. The Bertz CT molecular complexity index is 488. The molecule has 5 heteroatoms. The number of esters is 1. The summed E-state index contributed by atoms with van der Waals surface area (Å²) in [4.78, 5) is 12.3. The van der Waals surface area contributed by atoms with E-state index in [1.54, 1.807) is 14.0 Å². The van der Waals surface area contributed by atoms with Gasteiger partial charge in [0.2, 0.25) is 0 Å². The van der Waals surface area contributed by atoms with Crippen molar-refractivity contribution < 1.29 is 14.3 Å². The van der Waals surface area contributed by atoms with E-state index < -0.39 is 5.54 Å². The molecule has 0 aliphatic heterocycles. The average Bonchev–Trinajstić information content (AvgIpc) is 3.22. The SMILES string of the molecule is CCOC(=O)C(N)(c1cc(Br)ccc1OC)C1CC1. The van der Waals surface area contributed by atoms with Gasteiger partial charge in [-0.3, -0.25) is 0 Å². The first-order chi connectivity index (χ1) is 9.03. The Morgan fingerprint density at radius 2 is 2.21 bits per heavy atom. The summed E-state index contributed by atoms with van der Waals surface area (Å²) in [5.74, 6) is 0.356. The van der Waals surface area contributed by atoms with Crippen molar-refractivity contribution in [3.05, 3.63) is 28.2 Å². The summed E-state index contributed by atoms with van der Waals surface area (Å²) in [5, 5.41) is 0. The van der Waals surface area contributed by atoms with Crippen molar-refractivity contribution >= 4 is 21.9 Å². The molecule has 0 bridgehead atoms. The maximum Gasteiger partial charge on any atom is 0.331 e. The highest BCUT2D eigenvalue weighted by atomic mass is 79.9. The Kier molecular flexibility index (Phi) is 4.16. The fraction of sp³-hybridized carbons (Fsp3) is 0.500. The zero-order valence-electron chi connectivity index (χ0n) is 11.1. The Balaban J connectivity index is 2.49. The van der Waals surface area contributed by atoms with Gasteiger partial charge in [-0.05, 0) is 43.9 Å². The van der Waals surface area contributed by atoms with E-state index in [1.807, 2.05) is 18.2 Å². The number of methoxy groups -OCH3 is 1. The smallest absolute Gasteiger partial charge is 0.331 e. The summed E-state index contributed by atoms with van der Waals surface area (Å²) in [6.07, 6.45) is 1.87. The minimum absolute atomic E-state index is 0.120. The van der Waals surface area contributed by atoms with Crippen molar-refractivity contribution in [1.29, 1.82) is 0 Å². The molecule has 1 unspecified atom stereocenters. The van der Waals surface area contributed by atoms with Crippen LogP contribution in [0, 0.1) is 5.92 Å². The number of carbonyl (C=O) groups excluding carboxylic acids is 1. The van der Waals surface area contributed by atoms with Crippen molar-refractivity contribution in [2.45, 2.75) is 25.3 Å². The molecule has 19 heavy (non-hydrogen) atoms. The summed E-state index contributed by atoms with van der Waals surface area (Å²) in [7, 11) is 1.57. The van der Waals surface area contributed by atoms with Gasteiger partial charge in [0.1, 0.15) is 11.3 Å². The van der Waals surface area contributed by atoms with Crippen molar-refractivity contribution in [3.63, 3.8) is 0 Å². The first-order valence-corrected chi connectivity index (χ1v) is 7.13. The molecule has 1 saturated carbocycles. The van der Waals surface area contributed by atoms with E-state index in [9.17, 15) is 4.79 Å². The Labute approximate surface area is 121 Å². The van der Waals surface area contributed by atoms with Crippen molar-refractivity contribution in [2.24, 2.45) is 11.7 Å². The summed E-state index contributed by atoms with van der Waals surface area (Å²) in [5.41, 5.74) is 5.99. The van der Waals surface area contributed by atoms with Gasteiger partial charge in [0, 0.05) is 10.0 Å². The van der Waals surface area contributed by atoms with Gasteiger partial charge >= 0.3 is 5.97 Å². The lowest BCUT2D eigenvalue weighted by Crippen LogP contribution is -2.48. The lowest BCUT2D eigenvalue weighted by atomic mass is 9.85. The van der Waals surface area contributed by atoms with Gasteiger partial charge in [0.25, 0.3) is 0 Å². The highest BCUT2D eigenvalue weighted by Gasteiger charge is 2.52. The van der Waals surface area contributed by atoms with Gasteiger partial charge in [-0.2, -0.15) is 0 Å². The Morgan fingerprint density at radius 3 is 2.74 bits per heavy atom. The van der Waals surface area contributed by atoms with E-state index in [0.29, 0.717) is 17.9 Å². The normalized spacial score (nSPS) is 17.7. The lowest BCUT2D eigenvalue weighted by Gasteiger charge is -2.29. The molecule has 1 aromatic carbocycles. The largest absolute Gasteiger partial charge is 0.496 e. The fourth-order valence-corrected chi connectivity index (χ4v) is 2.65. The third-order valence-corrected chi connectivity index (χ3v) is 3.93. The van der Waals surface area contributed by atoms with Crippen LogP contribution >= 0.6 is 15.9 Å². The van der Waals surface area contributed by atoms with Crippen LogP contribution in [-0.4, -0.2) is 19.7 Å². The Morgan fingerprint density at radius 1 is 1.53 bits per heavy atom. The molecule has 0 radical (unpaired) electrons. The van der Waals surface area contributed by atoms with Crippen LogP contribution in [0.1, 0.15) is 25.3 Å². The van der Waals surface area contributed by atoms with Gasteiger partial charge in [0.05, 0.1) is 13.7 Å². The molecular formula is C14H18BrNO3. The minimum atomic E-state index is -1.12. The van der Waals surface area contributed by atoms with Crippen LogP contribution in [0.4, 0.5) is 0 Å². The highest BCUT2D eigenvalue weighted by Crippen LogP contribution is 2.47. The molecule has 0 heterocycles. The Hall–Kier alpha value is -1.07. The monoisotopic (exact) mass is 327 g/mol. The number of benzene rings is 1. The number of carbonyl (C=O) groups is 1. The molecule has 2 rings (SSSR count). The number of rotatable bonds is 5. The summed E-state index contributed by atoms with van der Waals surface area (Å²) >= 11 is 3.41. The second kappa shape index (κ2) is 5.51. The van der Waals surface area contributed by atoms with Crippen molar-refractivity contribution in [3.8, 4) is 5.75 Å². The zero-order valence-corrected chi connectivity index (χ0v) is 12.7. The standard InChI is InChI=1S/C14H18BrNO3/c1-3-19-13(17)14(16,9-4-5-9)11-8-10(15)6-7-12(11)18-2/h6-9H,3-5,16H2,1-2H3. The van der Waals surface area contributed by atoms with Crippen LogP contribution in [0.15, 0.2) is 22.7 Å². The maximum atomic E-state index is 12.3. The molecule has 0 amide bonds. The summed E-state index contributed by atoms with van der Waals surface area (Å²) in [6.45, 7) is 2.10. The van der Waals surface area contributed by atoms with Gasteiger partial charge in [-0.15, -0.1) is 0 Å². The van der Waals surface area contributed by atoms with E-state index >= 15 is 0 Å². The third-order valence-electron chi connectivity index (χ3n) is 3.44. The predicted molar refractivity (Wildman–Crippen MR) is 75.9 cm³/mol. The van der Waals surface area contributed by atoms with Gasteiger partial charge in [-0.1, -0.05) is 15.9 Å². The van der Waals surface area contributed by atoms with Crippen LogP contribution < -0.4 is 10.5 Å². The van der Waals surface area contributed by atoms with E-state index in [-0.39, 0.29) is 11.9 Å². The summed E-state index contributed by atoms with van der Waals surface area (Å²) in [6, 6.07) is 5.51. The number of hydrogen-bond donors (Lipinski definition) is 1. The van der Waals surface area contributed by atoms with E-state index in [1.165, 1.54) is 0 Å². The third kappa shape index (κ3) is 2.62. The highest BCUT2D eigenvalue weighted by molar-refractivity contribution is 9.10. The van der Waals surface area contributed by atoms with Crippen LogP contribution in [0.5, 0.6) is 5.75 Å². The summed E-state index contributed by atoms with van der Waals surface area (Å²) < 4.78 is 11.4. The zero-order chi connectivity index (χ0) is 14.0. The molecule has 1 fully saturated rings. The molecule has 1 aliphatic rings. The fourth-order valence-electron chi connectivity index (χ4n) is 2.29. The van der Waals surface area contributed by atoms with Gasteiger partial charge < -0.3 is 15.2 Å². The molecule has 0 aromatic heterocycles. The van der Waals surface area contributed by atoms with Crippen LogP contribution in [0.3, 0.4) is 0 Å². The van der Waals surface area contributed by atoms with Gasteiger partial charge in [0.15, 0.2) is 0 Å². The minimum Gasteiger partial charge on any atom is -0.496 e. The molecule has 1 aromatic rings. The first-order valence-electron chi connectivity index (χ1n) is 6.34. The predicted octanol–water partition coefficient (Wildman–Crippen LogP) is 2.58. The molecule has 1 atom stereocenters. The van der Waals surface area contributed by atoms with E-state index in [0.717, 1.165) is 17.3 Å². The first kappa shape index (κ1) is 14.3. The molecule has 0 saturated heterocycles. The number of ether oxygens (including phenoxy) is 2. The number of halogens is 1. The molecule has 0 spiro atoms. The molecular weight excluding hydrogens is 310 g/mol. The maximum absolute atomic E-state index is 12.3. The van der Waals surface area contributed by atoms with E-state index in [2.05, 4.69) is 15.9 Å². The molecule has 1 aliphatic carbocycles. The molecule has 2 N–H and O–H groups in total. The second-order valence-corrected chi connectivity index (χ2v) is 5.62. The van der Waals surface area contributed by atoms with E-state index in [4.69, 9.17) is 15.2 Å². The second-order valence-electron chi connectivity index (χ2n) is 4.71. The average molecular weight is 328 g/mol. The van der Waals surface area contributed by atoms with Crippen LogP contribution in [0.2, 0.25) is 0 Å².